The van der Waals surface area contributed by atoms with Crippen molar-refractivity contribution in [3.63, 3.8) is 0 Å². The lowest BCUT2D eigenvalue weighted by molar-refractivity contribution is 0.0750. The van der Waals surface area contributed by atoms with Crippen LogP contribution in [0.4, 0.5) is 0 Å². The van der Waals surface area contributed by atoms with Gasteiger partial charge in [-0.25, -0.2) is 4.98 Å². The Bertz CT molecular complexity index is 1300. The van der Waals surface area contributed by atoms with Gasteiger partial charge in [-0.1, -0.05) is 72.8 Å². The first-order valence-corrected chi connectivity index (χ1v) is 12.1. The molecule has 2 heterocycles. The van der Waals surface area contributed by atoms with Gasteiger partial charge in [0.1, 0.15) is 12.4 Å². The third-order valence-corrected chi connectivity index (χ3v) is 7.04. The van der Waals surface area contributed by atoms with E-state index < -0.39 is 0 Å². The fourth-order valence-corrected chi connectivity index (χ4v) is 4.27. The third-order valence-electron chi connectivity index (χ3n) is 7.04. The molecule has 1 N–H and O–H groups in total. The largest absolute Gasteiger partial charge is 0.488 e. The number of benzene rings is 3. The molecule has 1 fully saturated rings. The zero-order valence-corrected chi connectivity index (χ0v) is 20.8. The molecule has 5 rings (SSSR count). The number of hydrogen-bond donors (Lipinski definition) is 1. The van der Waals surface area contributed by atoms with Gasteiger partial charge in [0.05, 0.1) is 17.0 Å². The van der Waals surface area contributed by atoms with Crippen molar-refractivity contribution in [2.45, 2.75) is 45.4 Å². The van der Waals surface area contributed by atoms with E-state index in [9.17, 15) is 0 Å². The molecule has 0 radical (unpaired) electrons. The molecular formula is C30H31BN2O2. The first kappa shape index (κ1) is 23.3. The Morgan fingerprint density at radius 2 is 1.51 bits per heavy atom. The summed E-state index contributed by atoms with van der Waals surface area (Å²) >= 11 is 0. The minimum absolute atomic E-state index is 0.130. The van der Waals surface area contributed by atoms with E-state index in [4.69, 9.17) is 14.4 Å². The molecule has 0 saturated carbocycles. The van der Waals surface area contributed by atoms with Crippen molar-refractivity contribution in [3.8, 4) is 28.3 Å². The number of hydrogen-bond acceptors (Lipinski definition) is 4. The predicted molar refractivity (Wildman–Crippen MR) is 144 cm³/mol. The van der Waals surface area contributed by atoms with E-state index in [0.29, 0.717) is 6.61 Å². The maximum absolute atomic E-state index is 6.37. The Balaban J connectivity index is 1.42. The van der Waals surface area contributed by atoms with Crippen LogP contribution < -0.4 is 15.4 Å². The summed E-state index contributed by atoms with van der Waals surface area (Å²) in [5.74, 6) is 0.822. The number of ether oxygens (including phenoxy) is 1. The van der Waals surface area contributed by atoms with Crippen molar-refractivity contribution in [1.82, 2.24) is 10.2 Å². The summed E-state index contributed by atoms with van der Waals surface area (Å²) in [6.07, 6.45) is 0. The topological polar surface area (TPSA) is 43.4 Å². The van der Waals surface area contributed by atoms with Crippen molar-refractivity contribution in [2.75, 3.05) is 0 Å². The van der Waals surface area contributed by atoms with Crippen LogP contribution in [0.15, 0.2) is 97.1 Å². The molecule has 0 unspecified atom stereocenters. The summed E-state index contributed by atoms with van der Waals surface area (Å²) in [6, 6.07) is 32.8. The lowest BCUT2D eigenvalue weighted by atomic mass is 9.72. The van der Waals surface area contributed by atoms with Gasteiger partial charge in [0.25, 0.3) is 0 Å². The number of pyridine rings is 1. The zero-order chi connectivity index (χ0) is 24.5. The molecule has 0 bridgehead atoms. The van der Waals surface area contributed by atoms with Gasteiger partial charge in [-0.15, -0.1) is 0 Å². The second-order valence-electron chi connectivity index (χ2n) is 10.1. The molecular weight excluding hydrogens is 431 g/mol. The fraction of sp³-hybridized carbons (Fsp3) is 0.233. The normalized spacial score (nSPS) is 16.3. The van der Waals surface area contributed by atoms with Crippen molar-refractivity contribution < 1.29 is 9.39 Å². The number of nitrogens with one attached hydrogen (secondary N) is 1. The van der Waals surface area contributed by atoms with Crippen molar-refractivity contribution in [1.29, 1.82) is 0 Å². The van der Waals surface area contributed by atoms with E-state index in [1.165, 1.54) is 0 Å². The van der Waals surface area contributed by atoms with E-state index in [2.05, 4.69) is 81.5 Å². The average Bonchev–Trinajstić information content (AvgIpc) is 3.10. The Labute approximate surface area is 208 Å². The molecule has 0 amide bonds. The second-order valence-corrected chi connectivity index (χ2v) is 10.1. The van der Waals surface area contributed by atoms with E-state index >= 15 is 0 Å². The molecule has 5 heteroatoms. The summed E-state index contributed by atoms with van der Waals surface area (Å²) in [4.78, 5) is 5.01. The van der Waals surface area contributed by atoms with Gasteiger partial charge in [0.15, 0.2) is 0 Å². The van der Waals surface area contributed by atoms with Gasteiger partial charge < -0.3 is 14.6 Å². The van der Waals surface area contributed by atoms with Gasteiger partial charge in [0, 0.05) is 11.1 Å². The molecule has 4 aromatic rings. The summed E-state index contributed by atoms with van der Waals surface area (Å²) < 4.78 is 12.5. The first-order chi connectivity index (χ1) is 16.8. The Morgan fingerprint density at radius 3 is 2.29 bits per heavy atom. The van der Waals surface area contributed by atoms with Gasteiger partial charge in [-0.05, 0) is 68.6 Å². The number of aromatic nitrogens is 1. The van der Waals surface area contributed by atoms with E-state index in [-0.39, 0.29) is 18.2 Å². The summed E-state index contributed by atoms with van der Waals surface area (Å²) in [7, 11) is -0.157. The highest BCUT2D eigenvalue weighted by atomic mass is 16.5. The molecule has 0 atom stereocenters. The third kappa shape index (κ3) is 4.88. The summed E-state index contributed by atoms with van der Waals surface area (Å²) in [5.41, 5.74) is 5.67. The van der Waals surface area contributed by atoms with Crippen LogP contribution in [-0.4, -0.2) is 23.2 Å². The standard InChI is InChI=1S/C30H31BN2O2/c1-29(2)30(3,4)35-31(33-29)24-15-10-14-23(20-24)26-17-11-18-27(32-26)25-16-8-9-19-28(25)34-21-22-12-6-5-7-13-22/h5-20,33H,21H2,1-4H3. The minimum atomic E-state index is -0.269. The van der Waals surface area contributed by atoms with Gasteiger partial charge in [-0.2, -0.15) is 0 Å². The lowest BCUT2D eigenvalue weighted by Gasteiger charge is -2.33. The van der Waals surface area contributed by atoms with Crippen LogP contribution in [0.5, 0.6) is 5.75 Å². The SMILES string of the molecule is CC1(C)NB(c2cccc(-c3cccc(-c4ccccc4OCc4ccccc4)n3)c2)OC1(C)C. The Morgan fingerprint density at radius 1 is 0.800 bits per heavy atom. The fourth-order valence-electron chi connectivity index (χ4n) is 4.27. The smallest absolute Gasteiger partial charge is 0.416 e. The molecule has 0 spiro atoms. The molecule has 0 aliphatic carbocycles. The molecule has 1 aliphatic heterocycles. The molecule has 3 aromatic carbocycles. The highest BCUT2D eigenvalue weighted by Crippen LogP contribution is 2.33. The quantitative estimate of drug-likeness (QED) is 0.364. The van der Waals surface area contributed by atoms with Gasteiger partial charge >= 0.3 is 7.05 Å². The van der Waals surface area contributed by atoms with E-state index in [1.807, 2.05) is 48.5 Å². The van der Waals surface area contributed by atoms with Crippen LogP contribution in [0.2, 0.25) is 0 Å². The van der Waals surface area contributed by atoms with Crippen molar-refractivity contribution in [2.24, 2.45) is 0 Å². The minimum Gasteiger partial charge on any atom is -0.488 e. The summed E-state index contributed by atoms with van der Waals surface area (Å²) in [6.45, 7) is 9.14. The highest BCUT2D eigenvalue weighted by molar-refractivity contribution is 6.66. The zero-order valence-electron chi connectivity index (χ0n) is 20.8. The van der Waals surface area contributed by atoms with Crippen LogP contribution in [-0.2, 0) is 11.3 Å². The van der Waals surface area contributed by atoms with Crippen LogP contribution in [0.1, 0.15) is 33.3 Å². The molecule has 35 heavy (non-hydrogen) atoms. The van der Waals surface area contributed by atoms with Crippen LogP contribution in [0, 0.1) is 0 Å². The van der Waals surface area contributed by atoms with Crippen LogP contribution >= 0.6 is 0 Å². The van der Waals surface area contributed by atoms with Gasteiger partial charge in [-0.3, -0.25) is 0 Å². The summed E-state index contributed by atoms with van der Waals surface area (Å²) in [5, 5.41) is 3.63. The molecule has 1 aliphatic rings. The molecule has 1 saturated heterocycles. The monoisotopic (exact) mass is 462 g/mol. The molecule has 176 valence electrons. The molecule has 1 aromatic heterocycles. The maximum atomic E-state index is 6.37. The van der Waals surface area contributed by atoms with E-state index in [1.54, 1.807) is 0 Å². The lowest BCUT2D eigenvalue weighted by Crippen LogP contribution is -2.51. The Kier molecular flexibility index (Phi) is 6.22. The van der Waals surface area contributed by atoms with Gasteiger partial charge in [0.2, 0.25) is 0 Å². The van der Waals surface area contributed by atoms with Crippen molar-refractivity contribution >= 4 is 12.5 Å². The number of rotatable bonds is 6. The van der Waals surface area contributed by atoms with E-state index in [0.717, 1.165) is 39.3 Å². The first-order valence-electron chi connectivity index (χ1n) is 12.1. The van der Waals surface area contributed by atoms with Crippen LogP contribution in [0.3, 0.4) is 0 Å². The number of nitrogens with zero attached hydrogens (tertiary/aromatic N) is 1. The number of para-hydroxylation sites is 1. The maximum Gasteiger partial charge on any atom is 0.416 e. The molecule has 4 nitrogen and oxygen atoms in total. The predicted octanol–water partition coefficient (Wildman–Crippen LogP) is 5.87. The Hall–Kier alpha value is -3.41. The second kappa shape index (κ2) is 9.33. The highest BCUT2D eigenvalue weighted by Gasteiger charge is 2.49. The van der Waals surface area contributed by atoms with Crippen molar-refractivity contribution in [3.05, 3.63) is 103 Å². The van der Waals surface area contributed by atoms with Crippen LogP contribution in [0.25, 0.3) is 22.5 Å². The average molecular weight is 462 g/mol.